The second-order valence-corrected chi connectivity index (χ2v) is 7.85. The molecular formula is C24H30N4. The van der Waals surface area contributed by atoms with Gasteiger partial charge in [-0.15, -0.1) is 0 Å². The summed E-state index contributed by atoms with van der Waals surface area (Å²) in [6.45, 7) is 10.6. The van der Waals surface area contributed by atoms with Gasteiger partial charge in [-0.3, -0.25) is 9.67 Å². The van der Waals surface area contributed by atoms with Crippen molar-refractivity contribution in [1.29, 1.82) is 0 Å². The van der Waals surface area contributed by atoms with Gasteiger partial charge in [0.2, 0.25) is 0 Å². The van der Waals surface area contributed by atoms with Gasteiger partial charge in [-0.2, -0.15) is 5.10 Å². The molecule has 1 aromatic carbocycles. The summed E-state index contributed by atoms with van der Waals surface area (Å²) in [5.41, 5.74) is 10.3. The number of aromatic nitrogens is 3. The van der Waals surface area contributed by atoms with Crippen LogP contribution in [-0.4, -0.2) is 21.3 Å². The van der Waals surface area contributed by atoms with Crippen LogP contribution in [0.5, 0.6) is 0 Å². The van der Waals surface area contributed by atoms with E-state index in [9.17, 15) is 0 Å². The first-order valence-corrected chi connectivity index (χ1v) is 10.4. The smallest absolute Gasteiger partial charge is 0.127 e. The Hall–Kier alpha value is -2.62. The zero-order valence-electron chi connectivity index (χ0n) is 17.7. The monoisotopic (exact) mass is 374 g/mol. The van der Waals surface area contributed by atoms with Crippen LogP contribution >= 0.6 is 0 Å². The number of benzene rings is 1. The van der Waals surface area contributed by atoms with E-state index in [1.807, 2.05) is 11.7 Å². The van der Waals surface area contributed by atoms with Gasteiger partial charge in [-0.05, 0) is 55.0 Å². The van der Waals surface area contributed by atoms with Crippen molar-refractivity contribution in [3.05, 3.63) is 64.0 Å². The zero-order chi connectivity index (χ0) is 19.8. The van der Waals surface area contributed by atoms with E-state index in [2.05, 4.69) is 68.0 Å². The number of rotatable bonds is 4. The van der Waals surface area contributed by atoms with E-state index in [4.69, 9.17) is 4.98 Å². The molecule has 4 rings (SSSR count). The van der Waals surface area contributed by atoms with Crippen LogP contribution in [0.15, 0.2) is 30.3 Å². The van der Waals surface area contributed by atoms with Gasteiger partial charge in [0.15, 0.2) is 0 Å². The number of fused-ring (bicyclic) bond motifs is 1. The zero-order valence-corrected chi connectivity index (χ0v) is 17.7. The molecule has 2 aromatic heterocycles. The highest BCUT2D eigenvalue weighted by molar-refractivity contribution is 5.69. The Kier molecular flexibility index (Phi) is 4.96. The van der Waals surface area contributed by atoms with E-state index in [0.29, 0.717) is 0 Å². The number of hydrogen-bond acceptors (Lipinski definition) is 3. The first-order chi connectivity index (χ1) is 13.5. The summed E-state index contributed by atoms with van der Waals surface area (Å²) in [6, 6.07) is 11.1. The third-order valence-electron chi connectivity index (χ3n) is 5.96. The molecular weight excluding hydrogens is 344 g/mol. The molecule has 28 heavy (non-hydrogen) atoms. The van der Waals surface area contributed by atoms with Crippen LogP contribution in [0.25, 0.3) is 11.3 Å². The molecule has 4 nitrogen and oxygen atoms in total. The Labute approximate surface area is 168 Å². The highest BCUT2D eigenvalue weighted by Crippen LogP contribution is 2.32. The summed E-state index contributed by atoms with van der Waals surface area (Å²) in [4.78, 5) is 7.59. The first-order valence-electron chi connectivity index (χ1n) is 10.4. The molecule has 1 aliphatic heterocycles. The lowest BCUT2D eigenvalue weighted by atomic mass is 9.92. The number of anilines is 1. The summed E-state index contributed by atoms with van der Waals surface area (Å²) in [5.74, 6) is 1.19. The molecule has 0 saturated heterocycles. The van der Waals surface area contributed by atoms with Crippen molar-refractivity contribution < 1.29 is 0 Å². The summed E-state index contributed by atoms with van der Waals surface area (Å²) < 4.78 is 1.99. The molecule has 3 heterocycles. The topological polar surface area (TPSA) is 34.0 Å². The maximum atomic E-state index is 5.17. The van der Waals surface area contributed by atoms with Crippen molar-refractivity contribution in [3.63, 3.8) is 0 Å². The molecule has 4 heteroatoms. The van der Waals surface area contributed by atoms with Gasteiger partial charge < -0.3 is 4.90 Å². The predicted molar refractivity (Wildman–Crippen MR) is 116 cm³/mol. The first kappa shape index (κ1) is 18.7. The average Bonchev–Trinajstić information content (AvgIpc) is 3.04. The van der Waals surface area contributed by atoms with Crippen molar-refractivity contribution in [3.8, 4) is 11.3 Å². The van der Waals surface area contributed by atoms with Crippen LogP contribution in [0.3, 0.4) is 0 Å². The van der Waals surface area contributed by atoms with Crippen LogP contribution in [0, 0.1) is 13.8 Å². The normalized spacial score (nSPS) is 13.7. The summed E-state index contributed by atoms with van der Waals surface area (Å²) in [7, 11) is 2.03. The van der Waals surface area contributed by atoms with Crippen molar-refractivity contribution in [2.24, 2.45) is 7.05 Å². The maximum absolute atomic E-state index is 5.17. The lowest BCUT2D eigenvalue weighted by Crippen LogP contribution is -2.33. The SMILES string of the molecule is CCc1cccc(CC)c1-c1cc(C)c2c(n1)CCN(c1cc(C)nn1C)C2. The summed E-state index contributed by atoms with van der Waals surface area (Å²) in [6.07, 6.45) is 3.05. The van der Waals surface area contributed by atoms with Crippen LogP contribution in [0.1, 0.15) is 47.5 Å². The highest BCUT2D eigenvalue weighted by Gasteiger charge is 2.23. The third kappa shape index (κ3) is 3.21. The molecule has 0 amide bonds. The maximum Gasteiger partial charge on any atom is 0.127 e. The number of aryl methyl sites for hydroxylation is 5. The van der Waals surface area contributed by atoms with Crippen molar-refractivity contribution in [2.75, 3.05) is 11.4 Å². The Morgan fingerprint density at radius 1 is 1.04 bits per heavy atom. The van der Waals surface area contributed by atoms with Crippen LogP contribution < -0.4 is 4.90 Å². The van der Waals surface area contributed by atoms with Gasteiger partial charge in [0, 0.05) is 43.9 Å². The molecule has 0 bridgehead atoms. The largest absolute Gasteiger partial charge is 0.352 e. The van der Waals surface area contributed by atoms with Crippen molar-refractivity contribution >= 4 is 5.82 Å². The predicted octanol–water partition coefficient (Wildman–Crippen LogP) is 4.79. The minimum Gasteiger partial charge on any atom is -0.352 e. The molecule has 0 fully saturated rings. The lowest BCUT2D eigenvalue weighted by Gasteiger charge is -2.31. The molecule has 1 aliphatic rings. The van der Waals surface area contributed by atoms with Gasteiger partial charge in [0.1, 0.15) is 5.82 Å². The number of pyridine rings is 1. The van der Waals surface area contributed by atoms with Gasteiger partial charge in [0.05, 0.1) is 11.4 Å². The quantitative estimate of drug-likeness (QED) is 0.659. The van der Waals surface area contributed by atoms with E-state index in [1.165, 1.54) is 39.3 Å². The van der Waals surface area contributed by atoms with Gasteiger partial charge in [0.25, 0.3) is 0 Å². The molecule has 0 N–H and O–H groups in total. The Morgan fingerprint density at radius 2 is 1.75 bits per heavy atom. The lowest BCUT2D eigenvalue weighted by molar-refractivity contribution is 0.657. The van der Waals surface area contributed by atoms with E-state index in [1.54, 1.807) is 0 Å². The number of hydrogen-bond donors (Lipinski definition) is 0. The molecule has 0 spiro atoms. The fourth-order valence-electron chi connectivity index (χ4n) is 4.49. The molecule has 0 atom stereocenters. The fourth-order valence-corrected chi connectivity index (χ4v) is 4.49. The van der Waals surface area contributed by atoms with Crippen molar-refractivity contribution in [2.45, 2.75) is 53.5 Å². The Bertz CT molecular complexity index is 993. The van der Waals surface area contributed by atoms with Crippen LogP contribution in [0.4, 0.5) is 5.82 Å². The fraction of sp³-hybridized carbons (Fsp3) is 0.417. The van der Waals surface area contributed by atoms with E-state index in [0.717, 1.165) is 43.7 Å². The molecule has 0 aliphatic carbocycles. The molecule has 3 aromatic rings. The van der Waals surface area contributed by atoms with Gasteiger partial charge in [-0.1, -0.05) is 32.0 Å². The van der Waals surface area contributed by atoms with Gasteiger partial charge >= 0.3 is 0 Å². The Morgan fingerprint density at radius 3 is 2.36 bits per heavy atom. The van der Waals surface area contributed by atoms with E-state index in [-0.39, 0.29) is 0 Å². The standard InChI is InChI=1S/C24H30N4/c1-6-18-9-8-10-19(7-2)24(18)22-13-16(3)20-15-28(12-11-21(20)25-22)23-14-17(4)26-27(23)5/h8-10,13-14H,6-7,11-12,15H2,1-5H3. The van der Waals surface area contributed by atoms with Crippen LogP contribution in [0.2, 0.25) is 0 Å². The third-order valence-corrected chi connectivity index (χ3v) is 5.96. The highest BCUT2D eigenvalue weighted by atomic mass is 15.4. The minimum atomic E-state index is 0.906. The van der Waals surface area contributed by atoms with Crippen LogP contribution in [-0.2, 0) is 32.9 Å². The molecule has 0 radical (unpaired) electrons. The van der Waals surface area contributed by atoms with Gasteiger partial charge in [-0.25, -0.2) is 0 Å². The number of nitrogens with zero attached hydrogens (tertiary/aromatic N) is 4. The van der Waals surface area contributed by atoms with E-state index < -0.39 is 0 Å². The second kappa shape index (κ2) is 7.42. The molecule has 0 unspecified atom stereocenters. The summed E-state index contributed by atoms with van der Waals surface area (Å²) >= 11 is 0. The van der Waals surface area contributed by atoms with E-state index >= 15 is 0 Å². The van der Waals surface area contributed by atoms with Crippen molar-refractivity contribution in [1.82, 2.24) is 14.8 Å². The Balaban J connectivity index is 1.74. The molecule has 0 saturated carbocycles. The average molecular weight is 375 g/mol. The molecule has 146 valence electrons. The summed E-state index contributed by atoms with van der Waals surface area (Å²) in [5, 5.41) is 4.52. The minimum absolute atomic E-state index is 0.906. The second-order valence-electron chi connectivity index (χ2n) is 7.85.